The van der Waals surface area contributed by atoms with Crippen LogP contribution in [-0.4, -0.2) is 30.4 Å². The topological polar surface area (TPSA) is 119 Å². The van der Waals surface area contributed by atoms with Crippen molar-refractivity contribution in [2.24, 2.45) is 27.4 Å². The number of hydrogen-bond donors (Lipinski definition) is 3. The molecular formula is C27H34N6O. The molecule has 0 saturated heterocycles. The van der Waals surface area contributed by atoms with Gasteiger partial charge < -0.3 is 21.6 Å². The molecule has 1 heterocycles. The van der Waals surface area contributed by atoms with Crippen LogP contribution >= 0.6 is 0 Å². The molecule has 0 bridgehead atoms. The van der Waals surface area contributed by atoms with Crippen LogP contribution in [0, 0.1) is 12.8 Å². The highest BCUT2D eigenvalue weighted by Crippen LogP contribution is 2.47. The highest BCUT2D eigenvalue weighted by molar-refractivity contribution is 6.22. The molecule has 1 aliphatic rings. The Morgan fingerprint density at radius 2 is 2.03 bits per heavy atom. The highest BCUT2D eigenvalue weighted by Gasteiger charge is 2.44. The minimum Gasteiger partial charge on any atom is -0.404 e. The lowest BCUT2D eigenvalue weighted by molar-refractivity contribution is -0.109. The molecule has 0 amide bonds. The van der Waals surface area contributed by atoms with Gasteiger partial charge in [0.25, 0.3) is 0 Å². The van der Waals surface area contributed by atoms with Crippen molar-refractivity contribution < 1.29 is 4.79 Å². The van der Waals surface area contributed by atoms with E-state index in [0.29, 0.717) is 28.8 Å². The number of carbonyl (C=O) groups is 1. The molecule has 0 atom stereocenters. The van der Waals surface area contributed by atoms with Crippen LogP contribution in [0.15, 0.2) is 64.7 Å². The molecule has 7 heteroatoms. The van der Waals surface area contributed by atoms with Gasteiger partial charge in [-0.2, -0.15) is 0 Å². The van der Waals surface area contributed by atoms with Crippen LogP contribution in [0.1, 0.15) is 49.9 Å². The summed E-state index contributed by atoms with van der Waals surface area (Å²) in [5.74, 6) is 1.39. The molecule has 1 saturated carbocycles. The molecule has 2 aromatic rings. The van der Waals surface area contributed by atoms with Gasteiger partial charge in [-0.3, -0.25) is 15.0 Å². The van der Waals surface area contributed by atoms with Crippen LogP contribution in [0.25, 0.3) is 16.7 Å². The summed E-state index contributed by atoms with van der Waals surface area (Å²) >= 11 is 0. The summed E-state index contributed by atoms with van der Waals surface area (Å²) in [4.78, 5) is 24.6. The summed E-state index contributed by atoms with van der Waals surface area (Å²) in [6, 6.07) is 10.1. The van der Waals surface area contributed by atoms with Gasteiger partial charge in [-0.1, -0.05) is 38.1 Å². The Morgan fingerprint density at radius 1 is 1.26 bits per heavy atom. The van der Waals surface area contributed by atoms with Gasteiger partial charge in [-0.05, 0) is 54.9 Å². The van der Waals surface area contributed by atoms with Gasteiger partial charge in [0.1, 0.15) is 17.9 Å². The number of carbonyl (C=O) groups excluding carboxylic acids is 1. The molecule has 5 N–H and O–H groups in total. The van der Waals surface area contributed by atoms with E-state index in [0.717, 1.165) is 47.8 Å². The summed E-state index contributed by atoms with van der Waals surface area (Å²) in [7, 11) is 1.66. The van der Waals surface area contributed by atoms with E-state index in [1.807, 2.05) is 30.6 Å². The Labute approximate surface area is 201 Å². The third-order valence-corrected chi connectivity index (χ3v) is 5.97. The normalized spacial score (nSPS) is 16.2. The number of aryl methyl sites for hydroxylation is 1. The first-order valence-electron chi connectivity index (χ1n) is 11.5. The van der Waals surface area contributed by atoms with Crippen molar-refractivity contribution in [1.82, 2.24) is 10.3 Å². The van der Waals surface area contributed by atoms with E-state index in [2.05, 4.69) is 53.2 Å². The second-order valence-electron chi connectivity index (χ2n) is 9.06. The predicted octanol–water partition coefficient (Wildman–Crippen LogP) is 4.08. The number of nitrogens with zero attached hydrogens (tertiary/aromatic N) is 3. The number of aldehydes is 1. The Kier molecular flexibility index (Phi) is 7.99. The van der Waals surface area contributed by atoms with Gasteiger partial charge in [0.15, 0.2) is 0 Å². The fourth-order valence-electron chi connectivity index (χ4n) is 3.72. The SMILES string of the molecule is CN=C(N/C(N)=C/N=CCC(C)C)C(=CN)c1ccc(-c2ccc(C3(C=O)CC3)cc2C)cn1. The average Bonchev–Trinajstić information content (AvgIpc) is 3.63. The first-order chi connectivity index (χ1) is 16.3. The van der Waals surface area contributed by atoms with Crippen LogP contribution in [0.2, 0.25) is 0 Å². The maximum absolute atomic E-state index is 11.5. The molecule has 1 aromatic carbocycles. The fourth-order valence-corrected chi connectivity index (χ4v) is 3.72. The summed E-state index contributed by atoms with van der Waals surface area (Å²) < 4.78 is 0. The molecule has 34 heavy (non-hydrogen) atoms. The van der Waals surface area contributed by atoms with E-state index in [9.17, 15) is 4.79 Å². The monoisotopic (exact) mass is 458 g/mol. The zero-order valence-electron chi connectivity index (χ0n) is 20.4. The molecule has 178 valence electrons. The number of pyridine rings is 1. The molecule has 1 fully saturated rings. The van der Waals surface area contributed by atoms with Crippen molar-refractivity contribution in [3.63, 3.8) is 0 Å². The largest absolute Gasteiger partial charge is 0.404 e. The lowest BCUT2D eigenvalue weighted by atomic mass is 9.92. The van der Waals surface area contributed by atoms with Crippen molar-refractivity contribution in [1.29, 1.82) is 0 Å². The summed E-state index contributed by atoms with van der Waals surface area (Å²) in [6.07, 6.45) is 10.5. The van der Waals surface area contributed by atoms with E-state index in [4.69, 9.17) is 11.5 Å². The van der Waals surface area contributed by atoms with E-state index < -0.39 is 0 Å². The first kappa shape index (κ1) is 24.9. The molecule has 1 aliphatic carbocycles. The van der Waals surface area contributed by atoms with Crippen LogP contribution < -0.4 is 16.8 Å². The summed E-state index contributed by atoms with van der Waals surface area (Å²) in [5, 5.41) is 3.05. The lowest BCUT2D eigenvalue weighted by Gasteiger charge is -2.14. The van der Waals surface area contributed by atoms with Gasteiger partial charge >= 0.3 is 0 Å². The van der Waals surface area contributed by atoms with Crippen molar-refractivity contribution in [3.05, 3.63) is 71.6 Å². The third-order valence-electron chi connectivity index (χ3n) is 5.97. The molecule has 0 spiro atoms. The molecule has 7 nitrogen and oxygen atoms in total. The number of aliphatic imine (C=N–C) groups is 2. The number of aromatic nitrogens is 1. The molecule has 0 radical (unpaired) electrons. The van der Waals surface area contributed by atoms with Gasteiger partial charge in [0, 0.05) is 31.2 Å². The Bertz CT molecular complexity index is 1140. The molecule has 3 rings (SSSR count). The number of hydrogen-bond acceptors (Lipinski definition) is 6. The van der Waals surface area contributed by atoms with Crippen LogP contribution in [0.5, 0.6) is 0 Å². The Balaban J connectivity index is 1.76. The molecule has 1 aromatic heterocycles. The van der Waals surface area contributed by atoms with Gasteiger partial charge in [-0.25, -0.2) is 0 Å². The van der Waals surface area contributed by atoms with Gasteiger partial charge in [0.2, 0.25) is 0 Å². The van der Waals surface area contributed by atoms with Crippen molar-refractivity contribution in [2.45, 2.75) is 45.4 Å². The predicted molar refractivity (Wildman–Crippen MR) is 140 cm³/mol. The summed E-state index contributed by atoms with van der Waals surface area (Å²) in [6.45, 7) is 6.32. The standard InChI is InChI=1S/C27H34N6O/c1-18(2)9-12-31-16-25(29)33-26(30-4)23(14-28)24-8-5-20(15-32-24)22-7-6-21(13-19(22)3)27(17-34)10-11-27/h5-8,12-18H,9-11,28-29H2,1-4H3,(H,30,33)/b23-14?,25-16+,31-12?. The van der Waals surface area contributed by atoms with Crippen LogP contribution in [0.3, 0.4) is 0 Å². The highest BCUT2D eigenvalue weighted by atomic mass is 16.1. The molecule has 0 aliphatic heterocycles. The van der Waals surface area contributed by atoms with Gasteiger partial charge in [0.05, 0.1) is 22.9 Å². The Hall–Kier alpha value is -3.74. The van der Waals surface area contributed by atoms with Crippen molar-refractivity contribution >= 4 is 23.9 Å². The van der Waals surface area contributed by atoms with E-state index >= 15 is 0 Å². The smallest absolute Gasteiger partial charge is 0.137 e. The van der Waals surface area contributed by atoms with Gasteiger partial charge in [-0.15, -0.1) is 0 Å². The zero-order valence-corrected chi connectivity index (χ0v) is 20.4. The van der Waals surface area contributed by atoms with E-state index in [1.165, 1.54) is 6.20 Å². The maximum atomic E-state index is 11.5. The number of benzene rings is 1. The zero-order chi connectivity index (χ0) is 24.7. The Morgan fingerprint density at radius 3 is 2.56 bits per heavy atom. The van der Waals surface area contributed by atoms with Crippen molar-refractivity contribution in [2.75, 3.05) is 7.05 Å². The maximum Gasteiger partial charge on any atom is 0.137 e. The van der Waals surface area contributed by atoms with E-state index in [1.54, 1.807) is 13.2 Å². The van der Waals surface area contributed by atoms with Crippen LogP contribution in [0.4, 0.5) is 0 Å². The first-order valence-corrected chi connectivity index (χ1v) is 11.5. The quantitative estimate of drug-likeness (QED) is 0.297. The average molecular weight is 459 g/mol. The minimum atomic E-state index is -0.273. The number of nitrogens with two attached hydrogens (primary N) is 2. The molecular weight excluding hydrogens is 424 g/mol. The second kappa shape index (κ2) is 10.9. The van der Waals surface area contributed by atoms with Crippen LogP contribution in [-0.2, 0) is 10.2 Å². The summed E-state index contributed by atoms with van der Waals surface area (Å²) in [5.41, 5.74) is 17.3. The minimum absolute atomic E-state index is 0.273. The number of amidine groups is 1. The number of nitrogens with one attached hydrogen (secondary N) is 1. The van der Waals surface area contributed by atoms with E-state index in [-0.39, 0.29) is 5.41 Å². The second-order valence-corrected chi connectivity index (χ2v) is 9.06. The lowest BCUT2D eigenvalue weighted by Crippen LogP contribution is -2.29. The molecule has 0 unspecified atom stereocenters. The number of rotatable bonds is 9. The third kappa shape index (κ3) is 5.78. The van der Waals surface area contributed by atoms with Crippen molar-refractivity contribution in [3.8, 4) is 11.1 Å². The fraction of sp³-hybridized carbons (Fsp3) is 0.333.